The highest BCUT2D eigenvalue weighted by molar-refractivity contribution is 7.54. The molecule has 6 heteroatoms. The van der Waals surface area contributed by atoms with Gasteiger partial charge < -0.3 is 19.1 Å². The third kappa shape index (κ3) is 4.55. The highest BCUT2D eigenvalue weighted by Crippen LogP contribution is 2.57. The van der Waals surface area contributed by atoms with Crippen molar-refractivity contribution in [2.75, 3.05) is 26.4 Å². The van der Waals surface area contributed by atoms with E-state index in [9.17, 15) is 4.57 Å². The molecule has 0 heterocycles. The van der Waals surface area contributed by atoms with Crippen molar-refractivity contribution >= 4 is 7.60 Å². The third-order valence-electron chi connectivity index (χ3n) is 6.44. The Kier molecular flexibility index (Phi) is 6.89. The average molecular weight is 388 g/mol. The van der Waals surface area contributed by atoms with Crippen LogP contribution in [-0.4, -0.2) is 37.7 Å². The lowest BCUT2D eigenvalue weighted by molar-refractivity contribution is -0.161. The largest absolute Gasteiger partial charge is 0.374 e. The molecule has 152 valence electrons. The standard InChI is InChI=1S/C20H38NO4P/c1-5-24-26(22,25-6-2)19(15(3)4)21-7-8-23-20-12-16-9-17(13-20)11-18(10-16)14-20/h15-19,21H,5-14H2,1-4H3. The maximum absolute atomic E-state index is 13.1. The maximum atomic E-state index is 13.1. The second kappa shape index (κ2) is 8.61. The molecule has 0 aromatic heterocycles. The monoisotopic (exact) mass is 387 g/mol. The van der Waals surface area contributed by atoms with Crippen molar-refractivity contribution in [3.05, 3.63) is 0 Å². The minimum Gasteiger partial charge on any atom is -0.374 e. The Morgan fingerprint density at radius 1 is 1.00 bits per heavy atom. The number of hydrogen-bond donors (Lipinski definition) is 1. The van der Waals surface area contributed by atoms with E-state index in [0.717, 1.165) is 17.8 Å². The molecular weight excluding hydrogens is 349 g/mol. The van der Waals surface area contributed by atoms with E-state index in [4.69, 9.17) is 13.8 Å². The summed E-state index contributed by atoms with van der Waals surface area (Å²) in [5.74, 6) is 2.57. The average Bonchev–Trinajstić information content (AvgIpc) is 2.53. The number of rotatable bonds is 11. The molecule has 0 saturated heterocycles. The lowest BCUT2D eigenvalue weighted by Gasteiger charge is -2.56. The summed E-state index contributed by atoms with van der Waals surface area (Å²) in [6.07, 6.45) is 8.06. The molecule has 0 aliphatic heterocycles. The molecule has 4 aliphatic rings. The number of hydrogen-bond acceptors (Lipinski definition) is 5. The molecule has 5 nitrogen and oxygen atoms in total. The molecular formula is C20H38NO4P. The van der Waals surface area contributed by atoms with E-state index in [1.54, 1.807) is 0 Å². The van der Waals surface area contributed by atoms with Crippen LogP contribution in [0.15, 0.2) is 0 Å². The van der Waals surface area contributed by atoms with Crippen molar-refractivity contribution in [1.29, 1.82) is 0 Å². The second-order valence-corrected chi connectivity index (χ2v) is 11.1. The van der Waals surface area contributed by atoms with Gasteiger partial charge >= 0.3 is 7.60 Å². The van der Waals surface area contributed by atoms with E-state index < -0.39 is 7.60 Å². The van der Waals surface area contributed by atoms with Crippen LogP contribution in [0.1, 0.15) is 66.2 Å². The van der Waals surface area contributed by atoms with Gasteiger partial charge in [-0.2, -0.15) is 0 Å². The van der Waals surface area contributed by atoms with Gasteiger partial charge in [-0.15, -0.1) is 0 Å². The predicted molar refractivity (Wildman–Crippen MR) is 104 cm³/mol. The van der Waals surface area contributed by atoms with Crippen LogP contribution in [0, 0.1) is 23.7 Å². The molecule has 1 unspecified atom stereocenters. The second-order valence-electron chi connectivity index (χ2n) is 8.97. The molecule has 0 spiro atoms. The normalized spacial score (nSPS) is 34.6. The van der Waals surface area contributed by atoms with Gasteiger partial charge in [0, 0.05) is 6.54 Å². The van der Waals surface area contributed by atoms with E-state index in [1.165, 1.54) is 38.5 Å². The van der Waals surface area contributed by atoms with E-state index in [0.29, 0.717) is 26.4 Å². The van der Waals surface area contributed by atoms with Gasteiger partial charge in [-0.3, -0.25) is 4.57 Å². The molecule has 0 radical (unpaired) electrons. The quantitative estimate of drug-likeness (QED) is 0.407. The first-order chi connectivity index (χ1) is 12.4. The van der Waals surface area contributed by atoms with Crippen LogP contribution in [0.4, 0.5) is 0 Å². The van der Waals surface area contributed by atoms with Crippen molar-refractivity contribution in [3.63, 3.8) is 0 Å². The summed E-state index contributed by atoms with van der Waals surface area (Å²) in [4.78, 5) is 0. The Morgan fingerprint density at radius 3 is 1.92 bits per heavy atom. The molecule has 4 bridgehead atoms. The van der Waals surface area contributed by atoms with Gasteiger partial charge in [-0.05, 0) is 76.0 Å². The van der Waals surface area contributed by atoms with Gasteiger partial charge in [-0.1, -0.05) is 13.8 Å². The molecule has 1 atom stereocenters. The summed E-state index contributed by atoms with van der Waals surface area (Å²) in [6.45, 7) is 9.99. The van der Waals surface area contributed by atoms with E-state index in [1.807, 2.05) is 13.8 Å². The molecule has 4 fully saturated rings. The highest BCUT2D eigenvalue weighted by Gasteiger charge is 2.51. The molecule has 4 saturated carbocycles. The summed E-state index contributed by atoms with van der Waals surface area (Å²) in [6, 6.07) is 0. The summed E-state index contributed by atoms with van der Waals surface area (Å²) in [5, 5.41) is 3.42. The molecule has 4 rings (SSSR count). The smallest absolute Gasteiger partial charge is 0.347 e. The summed E-state index contributed by atoms with van der Waals surface area (Å²) >= 11 is 0. The van der Waals surface area contributed by atoms with E-state index >= 15 is 0 Å². The topological polar surface area (TPSA) is 56.8 Å². The molecule has 0 amide bonds. The lowest BCUT2D eigenvalue weighted by atomic mass is 9.54. The Hall–Kier alpha value is 0.0700. The Labute approximate surface area is 159 Å². The zero-order chi connectivity index (χ0) is 18.8. The van der Waals surface area contributed by atoms with Crippen molar-refractivity contribution in [2.45, 2.75) is 77.6 Å². The summed E-state index contributed by atoms with van der Waals surface area (Å²) in [5.41, 5.74) is 0.132. The van der Waals surface area contributed by atoms with Crippen molar-refractivity contribution in [1.82, 2.24) is 5.32 Å². The fourth-order valence-corrected chi connectivity index (χ4v) is 8.15. The van der Waals surface area contributed by atoms with Crippen LogP contribution in [0.25, 0.3) is 0 Å². The van der Waals surface area contributed by atoms with Gasteiger partial charge in [0.25, 0.3) is 0 Å². The first-order valence-corrected chi connectivity index (χ1v) is 12.3. The van der Waals surface area contributed by atoms with Crippen molar-refractivity contribution in [3.8, 4) is 0 Å². The lowest BCUT2D eigenvalue weighted by Crippen LogP contribution is -2.52. The van der Waals surface area contributed by atoms with Crippen molar-refractivity contribution < 1.29 is 18.3 Å². The molecule has 0 aromatic rings. The van der Waals surface area contributed by atoms with Gasteiger partial charge in [0.2, 0.25) is 0 Å². The SMILES string of the molecule is CCOP(=O)(OCC)C(NCCOC12CC3CC(CC(C3)C1)C2)C(C)C. The first kappa shape index (κ1) is 20.8. The minimum atomic E-state index is -3.15. The van der Waals surface area contributed by atoms with E-state index in [2.05, 4.69) is 19.2 Å². The minimum absolute atomic E-state index is 0.132. The van der Waals surface area contributed by atoms with Gasteiger partial charge in [0.15, 0.2) is 0 Å². The van der Waals surface area contributed by atoms with Crippen LogP contribution in [0.2, 0.25) is 0 Å². The van der Waals surface area contributed by atoms with E-state index in [-0.39, 0.29) is 17.3 Å². The predicted octanol–water partition coefficient (Wildman–Crippen LogP) is 4.81. The highest BCUT2D eigenvalue weighted by atomic mass is 31.2. The van der Waals surface area contributed by atoms with Gasteiger partial charge in [-0.25, -0.2) is 0 Å². The molecule has 1 N–H and O–H groups in total. The molecule has 0 aromatic carbocycles. The maximum Gasteiger partial charge on any atom is 0.347 e. The zero-order valence-electron chi connectivity index (χ0n) is 17.0. The van der Waals surface area contributed by atoms with Crippen LogP contribution < -0.4 is 5.32 Å². The molecule has 4 aliphatic carbocycles. The number of ether oxygens (including phenoxy) is 1. The summed E-state index contributed by atoms with van der Waals surface area (Å²) < 4.78 is 30.7. The van der Waals surface area contributed by atoms with Crippen molar-refractivity contribution in [2.24, 2.45) is 23.7 Å². The fourth-order valence-electron chi connectivity index (χ4n) is 5.95. The summed E-state index contributed by atoms with van der Waals surface area (Å²) in [7, 11) is -3.15. The zero-order valence-corrected chi connectivity index (χ0v) is 17.9. The Morgan fingerprint density at radius 2 is 1.50 bits per heavy atom. The van der Waals surface area contributed by atoms with Crippen LogP contribution in [0.3, 0.4) is 0 Å². The van der Waals surface area contributed by atoms with Gasteiger partial charge in [0.05, 0.1) is 25.4 Å². The molecule has 26 heavy (non-hydrogen) atoms. The number of nitrogens with one attached hydrogen (secondary N) is 1. The van der Waals surface area contributed by atoms with Crippen LogP contribution in [-0.2, 0) is 18.3 Å². The Balaban J connectivity index is 1.51. The first-order valence-electron chi connectivity index (χ1n) is 10.7. The van der Waals surface area contributed by atoms with Crippen LogP contribution >= 0.6 is 7.60 Å². The fraction of sp³-hybridized carbons (Fsp3) is 1.00. The Bertz CT molecular complexity index is 465. The third-order valence-corrected chi connectivity index (χ3v) is 9.13. The van der Waals surface area contributed by atoms with Crippen LogP contribution in [0.5, 0.6) is 0 Å². The van der Waals surface area contributed by atoms with Gasteiger partial charge in [0.1, 0.15) is 5.78 Å².